The van der Waals surface area contributed by atoms with Gasteiger partial charge in [0.05, 0.1) is 6.04 Å². The van der Waals surface area contributed by atoms with Crippen LogP contribution in [-0.4, -0.2) is 85.5 Å². The van der Waals surface area contributed by atoms with E-state index in [9.17, 15) is 9.59 Å². The Balaban J connectivity index is 1.43. The third-order valence-corrected chi connectivity index (χ3v) is 5.61. The van der Waals surface area contributed by atoms with Gasteiger partial charge in [0.1, 0.15) is 0 Å². The Hall–Kier alpha value is -2.19. The molecule has 0 aliphatic carbocycles. The number of carbonyl (C=O) groups is 2. The molecule has 0 aromatic carbocycles. The summed E-state index contributed by atoms with van der Waals surface area (Å²) in [7, 11) is 2.00. The fourth-order valence-corrected chi connectivity index (χ4v) is 3.87. The van der Waals surface area contributed by atoms with Gasteiger partial charge in [0.25, 0.3) is 0 Å². The molecule has 1 unspecified atom stereocenters. The molecular formula is C19H30N6O2. The molecule has 8 heteroatoms. The van der Waals surface area contributed by atoms with Crippen LogP contribution in [0.4, 0.5) is 5.69 Å². The zero-order chi connectivity index (χ0) is 19.2. The molecule has 2 saturated heterocycles. The summed E-state index contributed by atoms with van der Waals surface area (Å²) >= 11 is 0. The molecule has 2 aliphatic heterocycles. The van der Waals surface area contributed by atoms with E-state index in [1.807, 2.05) is 19.2 Å². The molecule has 148 valence electrons. The number of piperidine rings is 1. The number of piperazine rings is 1. The molecule has 1 atom stereocenters. The topological polar surface area (TPSA) is 94.8 Å². The minimum absolute atomic E-state index is 0.0920. The molecule has 0 bridgehead atoms. The van der Waals surface area contributed by atoms with Crippen molar-refractivity contribution in [3.05, 3.63) is 24.5 Å². The van der Waals surface area contributed by atoms with Crippen LogP contribution in [0.2, 0.25) is 0 Å². The highest BCUT2D eigenvalue weighted by atomic mass is 16.2. The average molecular weight is 374 g/mol. The number of hydrogen-bond acceptors (Lipinski definition) is 6. The van der Waals surface area contributed by atoms with Gasteiger partial charge in [-0.05, 0) is 37.9 Å². The molecule has 2 aliphatic rings. The quantitative estimate of drug-likeness (QED) is 0.691. The molecule has 0 spiro atoms. The molecule has 2 amide bonds. The van der Waals surface area contributed by atoms with Gasteiger partial charge in [0.2, 0.25) is 0 Å². The third kappa shape index (κ3) is 4.95. The van der Waals surface area contributed by atoms with Crippen molar-refractivity contribution in [3.63, 3.8) is 0 Å². The van der Waals surface area contributed by atoms with Gasteiger partial charge in [0, 0.05) is 63.9 Å². The molecule has 3 rings (SSSR count). The number of nitrogens with one attached hydrogen (secondary N) is 1. The maximum Gasteiger partial charge on any atom is 0.312 e. The highest BCUT2D eigenvalue weighted by molar-refractivity contribution is 6.35. The maximum absolute atomic E-state index is 12.5. The largest absolute Gasteiger partial charge is 0.371 e. The van der Waals surface area contributed by atoms with E-state index >= 15 is 0 Å². The van der Waals surface area contributed by atoms with E-state index in [1.165, 1.54) is 5.69 Å². The Morgan fingerprint density at radius 1 is 1.19 bits per heavy atom. The predicted octanol–water partition coefficient (Wildman–Crippen LogP) is -0.484. The van der Waals surface area contributed by atoms with Gasteiger partial charge in [-0.3, -0.25) is 14.6 Å². The summed E-state index contributed by atoms with van der Waals surface area (Å²) in [6, 6.07) is 3.95. The Bertz CT molecular complexity index is 632. The second kappa shape index (κ2) is 9.14. The number of rotatable bonds is 4. The van der Waals surface area contributed by atoms with Crippen LogP contribution in [0.5, 0.6) is 0 Å². The average Bonchev–Trinajstić information content (AvgIpc) is 2.72. The molecule has 1 aromatic heterocycles. The van der Waals surface area contributed by atoms with Gasteiger partial charge >= 0.3 is 11.8 Å². The van der Waals surface area contributed by atoms with E-state index in [-0.39, 0.29) is 6.04 Å². The number of carbonyl (C=O) groups excluding carboxylic acids is 2. The standard InChI is InChI=1S/C19H30N6O2/c1-23-10-11-25(17(12-20)14-23)19(27)18(26)22-13-15-4-8-24(9-5-15)16-2-6-21-7-3-16/h2-3,6-7,15,17H,4-5,8-14,20H2,1H3,(H,22,26). The van der Waals surface area contributed by atoms with Gasteiger partial charge in [0.15, 0.2) is 0 Å². The number of nitrogens with zero attached hydrogens (tertiary/aromatic N) is 4. The molecule has 2 fully saturated rings. The van der Waals surface area contributed by atoms with Crippen LogP contribution in [0.1, 0.15) is 12.8 Å². The van der Waals surface area contributed by atoms with Crippen molar-refractivity contribution in [2.45, 2.75) is 18.9 Å². The second-order valence-corrected chi connectivity index (χ2v) is 7.50. The van der Waals surface area contributed by atoms with Crippen LogP contribution < -0.4 is 16.0 Å². The van der Waals surface area contributed by atoms with Crippen LogP contribution in [0, 0.1) is 5.92 Å². The van der Waals surface area contributed by atoms with Crippen LogP contribution in [0.3, 0.4) is 0 Å². The first-order valence-corrected chi connectivity index (χ1v) is 9.71. The van der Waals surface area contributed by atoms with Gasteiger partial charge in [-0.2, -0.15) is 0 Å². The molecule has 27 heavy (non-hydrogen) atoms. The smallest absolute Gasteiger partial charge is 0.312 e. The SMILES string of the molecule is CN1CCN(C(=O)C(=O)NCC2CCN(c3ccncc3)CC2)C(CN)C1. The van der Waals surface area contributed by atoms with E-state index in [0.717, 1.165) is 32.5 Å². The van der Waals surface area contributed by atoms with E-state index in [0.29, 0.717) is 32.1 Å². The second-order valence-electron chi connectivity index (χ2n) is 7.50. The maximum atomic E-state index is 12.5. The number of pyridine rings is 1. The molecular weight excluding hydrogens is 344 g/mol. The normalized spacial score (nSPS) is 21.9. The van der Waals surface area contributed by atoms with Crippen LogP contribution in [0.15, 0.2) is 24.5 Å². The molecule has 1 aromatic rings. The van der Waals surface area contributed by atoms with Crippen LogP contribution >= 0.6 is 0 Å². The highest BCUT2D eigenvalue weighted by Crippen LogP contribution is 2.22. The molecule has 8 nitrogen and oxygen atoms in total. The number of nitrogens with two attached hydrogens (primary N) is 1. The summed E-state index contributed by atoms with van der Waals surface area (Å²) in [5, 5.41) is 2.85. The van der Waals surface area contributed by atoms with Gasteiger partial charge in [-0.15, -0.1) is 0 Å². The fraction of sp³-hybridized carbons (Fsp3) is 0.632. The van der Waals surface area contributed by atoms with Crippen molar-refractivity contribution in [1.29, 1.82) is 0 Å². The fourth-order valence-electron chi connectivity index (χ4n) is 3.87. The first-order valence-electron chi connectivity index (χ1n) is 9.71. The minimum Gasteiger partial charge on any atom is -0.371 e. The van der Waals surface area contributed by atoms with Crippen molar-refractivity contribution >= 4 is 17.5 Å². The minimum atomic E-state index is -0.505. The van der Waals surface area contributed by atoms with Crippen LogP contribution in [0.25, 0.3) is 0 Å². The van der Waals surface area contributed by atoms with Gasteiger partial charge in [-0.1, -0.05) is 0 Å². The van der Waals surface area contributed by atoms with Crippen molar-refractivity contribution in [2.75, 3.05) is 57.8 Å². The first kappa shape index (κ1) is 19.6. The monoisotopic (exact) mass is 374 g/mol. The lowest BCUT2D eigenvalue weighted by molar-refractivity contribution is -0.148. The molecule has 3 N–H and O–H groups in total. The van der Waals surface area contributed by atoms with E-state index < -0.39 is 11.8 Å². The van der Waals surface area contributed by atoms with Crippen molar-refractivity contribution in [3.8, 4) is 0 Å². The summed E-state index contributed by atoms with van der Waals surface area (Å²) in [6.07, 6.45) is 5.61. The molecule has 3 heterocycles. The Morgan fingerprint density at radius 2 is 1.89 bits per heavy atom. The molecule has 0 radical (unpaired) electrons. The Kier molecular flexibility index (Phi) is 6.63. The van der Waals surface area contributed by atoms with E-state index in [2.05, 4.69) is 20.1 Å². The zero-order valence-electron chi connectivity index (χ0n) is 16.0. The Labute approximate surface area is 160 Å². The highest BCUT2D eigenvalue weighted by Gasteiger charge is 2.32. The van der Waals surface area contributed by atoms with Crippen molar-refractivity contribution < 1.29 is 9.59 Å². The predicted molar refractivity (Wildman–Crippen MR) is 104 cm³/mol. The van der Waals surface area contributed by atoms with Gasteiger partial charge < -0.3 is 25.8 Å². The van der Waals surface area contributed by atoms with E-state index in [4.69, 9.17) is 5.73 Å². The van der Waals surface area contributed by atoms with Crippen molar-refractivity contribution in [2.24, 2.45) is 11.7 Å². The summed E-state index contributed by atoms with van der Waals surface area (Å²) < 4.78 is 0. The number of likely N-dealkylation sites (N-methyl/N-ethyl adjacent to an activating group) is 1. The number of amides is 2. The lowest BCUT2D eigenvalue weighted by atomic mass is 9.96. The first-order chi connectivity index (χ1) is 13.1. The number of anilines is 1. The lowest BCUT2D eigenvalue weighted by Crippen LogP contribution is -2.59. The summed E-state index contributed by atoms with van der Waals surface area (Å²) in [5.74, 6) is -0.556. The Morgan fingerprint density at radius 3 is 2.56 bits per heavy atom. The third-order valence-electron chi connectivity index (χ3n) is 5.61. The van der Waals surface area contributed by atoms with Gasteiger partial charge in [-0.25, -0.2) is 0 Å². The summed E-state index contributed by atoms with van der Waals surface area (Å²) in [5.41, 5.74) is 6.97. The summed E-state index contributed by atoms with van der Waals surface area (Å²) in [6.45, 7) is 4.85. The number of aromatic nitrogens is 1. The molecule has 0 saturated carbocycles. The summed E-state index contributed by atoms with van der Waals surface area (Å²) in [4.78, 5) is 35.0. The van der Waals surface area contributed by atoms with Crippen molar-refractivity contribution in [1.82, 2.24) is 20.1 Å². The number of hydrogen-bond donors (Lipinski definition) is 2. The van der Waals surface area contributed by atoms with E-state index in [1.54, 1.807) is 17.3 Å². The lowest BCUT2D eigenvalue weighted by Gasteiger charge is -2.39. The zero-order valence-corrected chi connectivity index (χ0v) is 16.0. The van der Waals surface area contributed by atoms with Crippen LogP contribution in [-0.2, 0) is 9.59 Å².